The summed E-state index contributed by atoms with van der Waals surface area (Å²) >= 11 is 0. The number of hydrogen-bond donors (Lipinski definition) is 1. The van der Waals surface area contributed by atoms with E-state index in [1.807, 2.05) is 13.0 Å². The lowest BCUT2D eigenvalue weighted by molar-refractivity contribution is 0.0661. The van der Waals surface area contributed by atoms with Crippen LogP contribution in [0.1, 0.15) is 31.5 Å². The number of nitriles is 1. The van der Waals surface area contributed by atoms with Gasteiger partial charge in [0.1, 0.15) is 0 Å². The highest BCUT2D eigenvalue weighted by molar-refractivity contribution is 5.47. The molecule has 6 heteroatoms. The predicted octanol–water partition coefficient (Wildman–Crippen LogP) is 1.77. The minimum Gasteiger partial charge on any atom is -0.481 e. The van der Waals surface area contributed by atoms with E-state index in [9.17, 15) is 10.4 Å². The van der Waals surface area contributed by atoms with Crippen LogP contribution in [0.4, 0.5) is 0 Å². The molecule has 0 aliphatic heterocycles. The summed E-state index contributed by atoms with van der Waals surface area (Å²) < 4.78 is 10.6. The number of aromatic nitrogens is 2. The fourth-order valence-electron chi connectivity index (χ4n) is 4.14. The molecule has 2 aliphatic rings. The molecule has 4 atom stereocenters. The number of allylic oxidation sites excluding steroid dienone is 1. The third-order valence-corrected chi connectivity index (χ3v) is 5.35. The molecule has 1 aromatic rings. The highest BCUT2D eigenvalue weighted by Gasteiger charge is 2.49. The zero-order valence-electron chi connectivity index (χ0n) is 13.8. The number of aliphatic hydroxyl groups excluding tert-OH is 1. The number of hydrogen-bond acceptors (Lipinski definition) is 6. The van der Waals surface area contributed by atoms with Crippen LogP contribution < -0.4 is 9.47 Å². The smallest absolute Gasteiger partial charge is 0.319 e. The van der Waals surface area contributed by atoms with Crippen LogP contribution in [0.25, 0.3) is 0 Å². The van der Waals surface area contributed by atoms with Crippen molar-refractivity contribution in [2.75, 3.05) is 14.2 Å². The molecule has 6 nitrogen and oxygen atoms in total. The molecule has 0 amide bonds. The molecule has 2 aliphatic carbocycles. The largest absolute Gasteiger partial charge is 0.481 e. The van der Waals surface area contributed by atoms with Gasteiger partial charge < -0.3 is 14.6 Å². The first-order chi connectivity index (χ1) is 11.0. The molecule has 0 radical (unpaired) electrons. The fourth-order valence-corrected chi connectivity index (χ4v) is 4.14. The Balaban J connectivity index is 2.25. The summed E-state index contributed by atoms with van der Waals surface area (Å²) in [6, 6.07) is 2.39. The Morgan fingerprint density at radius 3 is 2.70 bits per heavy atom. The highest BCUT2D eigenvalue weighted by atomic mass is 16.5. The number of nitrogens with zero attached hydrogens (tertiary/aromatic N) is 3. The third-order valence-electron chi connectivity index (χ3n) is 5.35. The van der Waals surface area contributed by atoms with E-state index in [1.54, 1.807) is 7.11 Å². The number of fused-ring (bicyclic) bond motifs is 3. The first-order valence-electron chi connectivity index (χ1n) is 7.76. The SMILES string of the molecule is COc1nc(OC)c2c(n1)[C@@]1(C)C=C(C#N)C(O)[C@@H](C)C1CC2. The van der Waals surface area contributed by atoms with E-state index in [0.717, 1.165) is 24.1 Å². The van der Waals surface area contributed by atoms with E-state index in [4.69, 9.17) is 9.47 Å². The number of aliphatic hydroxyl groups is 1. The summed E-state index contributed by atoms with van der Waals surface area (Å²) in [6.45, 7) is 4.07. The van der Waals surface area contributed by atoms with Crippen molar-refractivity contribution < 1.29 is 14.6 Å². The van der Waals surface area contributed by atoms with Gasteiger partial charge in [-0.15, -0.1) is 0 Å². The van der Waals surface area contributed by atoms with Crippen LogP contribution in [-0.4, -0.2) is 35.4 Å². The molecule has 1 aromatic heterocycles. The average molecular weight is 315 g/mol. The quantitative estimate of drug-likeness (QED) is 0.895. The van der Waals surface area contributed by atoms with Crippen LogP contribution in [0.2, 0.25) is 0 Å². The van der Waals surface area contributed by atoms with Gasteiger partial charge in [0, 0.05) is 11.0 Å². The van der Waals surface area contributed by atoms with Gasteiger partial charge in [-0.2, -0.15) is 15.2 Å². The summed E-state index contributed by atoms with van der Waals surface area (Å²) in [5, 5.41) is 19.7. The number of ether oxygens (including phenoxy) is 2. The summed E-state index contributed by atoms with van der Waals surface area (Å²) in [5.74, 6) is 0.711. The van der Waals surface area contributed by atoms with Gasteiger partial charge in [0.2, 0.25) is 5.88 Å². The van der Waals surface area contributed by atoms with Gasteiger partial charge in [-0.25, -0.2) is 0 Å². The second-order valence-corrected chi connectivity index (χ2v) is 6.49. The van der Waals surface area contributed by atoms with Crippen molar-refractivity contribution in [2.45, 2.75) is 38.2 Å². The van der Waals surface area contributed by atoms with Crippen LogP contribution in [0.3, 0.4) is 0 Å². The van der Waals surface area contributed by atoms with Gasteiger partial charge in [-0.05, 0) is 24.7 Å². The molecule has 0 saturated carbocycles. The Bertz CT molecular complexity index is 710. The third kappa shape index (κ3) is 2.19. The summed E-state index contributed by atoms with van der Waals surface area (Å²) in [6.07, 6.45) is 2.83. The van der Waals surface area contributed by atoms with Crippen molar-refractivity contribution in [3.8, 4) is 18.0 Å². The molecule has 23 heavy (non-hydrogen) atoms. The van der Waals surface area contributed by atoms with Crippen molar-refractivity contribution >= 4 is 0 Å². The Morgan fingerprint density at radius 2 is 2.09 bits per heavy atom. The van der Waals surface area contributed by atoms with E-state index in [1.165, 1.54) is 7.11 Å². The van der Waals surface area contributed by atoms with E-state index in [0.29, 0.717) is 11.5 Å². The van der Waals surface area contributed by atoms with Crippen LogP contribution in [0.5, 0.6) is 11.9 Å². The molecule has 0 aromatic carbocycles. The zero-order valence-corrected chi connectivity index (χ0v) is 13.8. The molecule has 2 unspecified atom stereocenters. The van der Waals surface area contributed by atoms with Crippen LogP contribution >= 0.6 is 0 Å². The van der Waals surface area contributed by atoms with Crippen LogP contribution in [-0.2, 0) is 11.8 Å². The van der Waals surface area contributed by atoms with Crippen molar-refractivity contribution in [1.29, 1.82) is 5.26 Å². The maximum Gasteiger partial charge on any atom is 0.319 e. The van der Waals surface area contributed by atoms with E-state index < -0.39 is 11.5 Å². The van der Waals surface area contributed by atoms with Gasteiger partial charge in [0.15, 0.2) is 0 Å². The number of rotatable bonds is 2. The Labute approximate surface area is 135 Å². The second-order valence-electron chi connectivity index (χ2n) is 6.49. The van der Waals surface area contributed by atoms with Gasteiger partial charge in [-0.3, -0.25) is 0 Å². The molecule has 0 spiro atoms. The maximum absolute atomic E-state index is 10.4. The first kappa shape index (κ1) is 15.8. The Kier molecular flexibility index (Phi) is 3.77. The topological polar surface area (TPSA) is 88.3 Å². The van der Waals surface area contributed by atoms with Crippen LogP contribution in [0.15, 0.2) is 11.6 Å². The van der Waals surface area contributed by atoms with Crippen LogP contribution in [0, 0.1) is 23.2 Å². The standard InChI is InChI=1S/C17H21N3O3/c1-9-12-6-5-11-14(19-16(23-4)20-15(11)22-3)17(12,2)7-10(8-18)13(9)21/h7,9,12-13,21H,5-6H2,1-4H3/t9-,12?,13?,17-/m0/s1. The van der Waals surface area contributed by atoms with Crippen molar-refractivity contribution in [1.82, 2.24) is 9.97 Å². The molecule has 0 fully saturated rings. The predicted molar refractivity (Wildman–Crippen MR) is 83.2 cm³/mol. The molecule has 1 N–H and O–H groups in total. The molecule has 1 heterocycles. The summed E-state index contributed by atoms with van der Waals surface area (Å²) in [4.78, 5) is 8.85. The highest BCUT2D eigenvalue weighted by Crippen LogP contribution is 2.51. The lowest BCUT2D eigenvalue weighted by Gasteiger charge is -2.47. The lowest BCUT2D eigenvalue weighted by Crippen LogP contribution is -2.47. The minimum atomic E-state index is -0.717. The van der Waals surface area contributed by atoms with Gasteiger partial charge in [0.25, 0.3) is 0 Å². The first-order valence-corrected chi connectivity index (χ1v) is 7.76. The van der Waals surface area contributed by atoms with Gasteiger partial charge in [0.05, 0.1) is 37.7 Å². The monoisotopic (exact) mass is 315 g/mol. The normalized spacial score (nSPS) is 32.2. The van der Waals surface area contributed by atoms with E-state index in [2.05, 4.69) is 23.0 Å². The molecule has 122 valence electrons. The molecule has 0 bridgehead atoms. The molecule has 0 saturated heterocycles. The Morgan fingerprint density at radius 1 is 1.35 bits per heavy atom. The average Bonchev–Trinajstić information content (AvgIpc) is 2.57. The van der Waals surface area contributed by atoms with E-state index in [-0.39, 0.29) is 17.8 Å². The summed E-state index contributed by atoms with van der Waals surface area (Å²) in [7, 11) is 3.11. The zero-order chi connectivity index (χ0) is 16.8. The van der Waals surface area contributed by atoms with Crippen molar-refractivity contribution in [2.24, 2.45) is 11.8 Å². The maximum atomic E-state index is 10.4. The molecular formula is C17H21N3O3. The summed E-state index contributed by atoms with van der Waals surface area (Å²) in [5.41, 5.74) is 1.76. The molecular weight excluding hydrogens is 294 g/mol. The Hall–Kier alpha value is -2.13. The minimum absolute atomic E-state index is 0.0141. The molecule has 3 rings (SSSR count). The van der Waals surface area contributed by atoms with Gasteiger partial charge in [-0.1, -0.05) is 19.9 Å². The lowest BCUT2D eigenvalue weighted by atomic mass is 9.57. The van der Waals surface area contributed by atoms with Crippen molar-refractivity contribution in [3.63, 3.8) is 0 Å². The van der Waals surface area contributed by atoms with Gasteiger partial charge >= 0.3 is 6.01 Å². The second kappa shape index (κ2) is 5.50. The van der Waals surface area contributed by atoms with Crippen molar-refractivity contribution in [3.05, 3.63) is 22.9 Å². The van der Waals surface area contributed by atoms with E-state index >= 15 is 0 Å². The fraction of sp³-hybridized carbons (Fsp3) is 0.588. The number of methoxy groups -OCH3 is 2.